The van der Waals surface area contributed by atoms with Crippen LogP contribution in [0.3, 0.4) is 0 Å². The van der Waals surface area contributed by atoms with Crippen LogP contribution in [0.15, 0.2) is 52.7 Å². The third kappa shape index (κ3) is 4.60. The van der Waals surface area contributed by atoms with Crippen molar-refractivity contribution in [3.63, 3.8) is 0 Å². The molecule has 0 aliphatic carbocycles. The topological polar surface area (TPSA) is 84.6 Å². The van der Waals surface area contributed by atoms with E-state index in [1.807, 2.05) is 18.9 Å². The average Bonchev–Trinajstić information content (AvgIpc) is 3.39. The maximum atomic E-state index is 13.1. The van der Waals surface area contributed by atoms with Crippen molar-refractivity contribution in [2.75, 3.05) is 13.6 Å². The lowest BCUT2D eigenvalue weighted by atomic mass is 10.0. The minimum absolute atomic E-state index is 0.101. The summed E-state index contributed by atoms with van der Waals surface area (Å²) in [6, 6.07) is 3.07. The molecule has 1 unspecified atom stereocenters. The minimum atomic E-state index is -4.36. The number of hydrogen-bond donors (Lipinski definition) is 1. The Kier molecular flexibility index (Phi) is 6.30. The number of nitrogens with one attached hydrogen (secondary N) is 1. The lowest BCUT2D eigenvalue weighted by Gasteiger charge is -2.32. The number of rotatable bonds is 5. The van der Waals surface area contributed by atoms with Crippen molar-refractivity contribution in [3.05, 3.63) is 69.8 Å². The van der Waals surface area contributed by atoms with Gasteiger partial charge in [0.2, 0.25) is 0 Å². The molecule has 0 amide bonds. The third-order valence-electron chi connectivity index (χ3n) is 5.89. The lowest BCUT2D eigenvalue weighted by Crippen LogP contribution is -2.36. The number of allylic oxidation sites excluding steroid dienone is 3. The third-order valence-corrected chi connectivity index (χ3v) is 5.89. The van der Waals surface area contributed by atoms with Crippen molar-refractivity contribution >= 4 is 0 Å². The number of H-pyrrole nitrogens is 1. The molecule has 0 bridgehead atoms. The smallest absolute Gasteiger partial charge is 0.317 e. The van der Waals surface area contributed by atoms with Gasteiger partial charge in [0.15, 0.2) is 5.82 Å². The van der Waals surface area contributed by atoms with Crippen LogP contribution in [0.5, 0.6) is 0 Å². The summed E-state index contributed by atoms with van der Waals surface area (Å²) in [5.74, 6) is 0.972. The Balaban J connectivity index is 1.68. The van der Waals surface area contributed by atoms with Gasteiger partial charge in [0.05, 0.1) is 30.3 Å². The predicted octanol–water partition coefficient (Wildman–Crippen LogP) is 3.96. The molecule has 3 aromatic heterocycles. The molecule has 34 heavy (non-hydrogen) atoms. The fourth-order valence-electron chi connectivity index (χ4n) is 4.05. The zero-order valence-electron chi connectivity index (χ0n) is 19.4. The van der Waals surface area contributed by atoms with Crippen LogP contribution in [0.25, 0.3) is 17.2 Å². The number of hydrogen-bond acceptors (Lipinski definition) is 5. The van der Waals surface area contributed by atoms with E-state index in [0.717, 1.165) is 17.3 Å². The maximum Gasteiger partial charge on any atom is 0.412 e. The van der Waals surface area contributed by atoms with Crippen LogP contribution in [0.1, 0.15) is 37.8 Å². The molecule has 3 aromatic rings. The van der Waals surface area contributed by atoms with Crippen molar-refractivity contribution in [3.8, 4) is 17.2 Å². The Bertz CT molecular complexity index is 1310. The molecular formula is C23H26F3N7O. The highest BCUT2D eigenvalue weighted by Crippen LogP contribution is 2.32. The molecule has 8 nitrogen and oxygen atoms in total. The molecule has 0 saturated heterocycles. The number of pyridine rings is 1. The van der Waals surface area contributed by atoms with E-state index in [9.17, 15) is 18.0 Å². The molecule has 0 saturated carbocycles. The summed E-state index contributed by atoms with van der Waals surface area (Å²) < 4.78 is 42.8. The van der Waals surface area contributed by atoms with E-state index < -0.39 is 11.7 Å². The van der Waals surface area contributed by atoms with Crippen molar-refractivity contribution in [1.82, 2.24) is 34.2 Å². The van der Waals surface area contributed by atoms with Crippen LogP contribution < -0.4 is 5.56 Å². The van der Waals surface area contributed by atoms with Gasteiger partial charge in [-0.05, 0) is 45.0 Å². The van der Waals surface area contributed by atoms with Gasteiger partial charge >= 0.3 is 6.18 Å². The molecule has 11 heteroatoms. The van der Waals surface area contributed by atoms with Crippen LogP contribution in [0.4, 0.5) is 13.2 Å². The Morgan fingerprint density at radius 1 is 1.26 bits per heavy atom. The quantitative estimate of drug-likeness (QED) is 0.567. The summed E-state index contributed by atoms with van der Waals surface area (Å²) in [7, 11) is 1.90. The molecule has 1 atom stereocenters. The Morgan fingerprint density at radius 3 is 2.65 bits per heavy atom. The van der Waals surface area contributed by atoms with Gasteiger partial charge < -0.3 is 9.55 Å². The first-order valence-corrected chi connectivity index (χ1v) is 10.9. The van der Waals surface area contributed by atoms with Gasteiger partial charge in [-0.1, -0.05) is 19.1 Å². The first-order valence-electron chi connectivity index (χ1n) is 10.9. The second-order valence-corrected chi connectivity index (χ2v) is 8.36. The number of imidazole rings is 1. The molecule has 4 heterocycles. The van der Waals surface area contributed by atoms with E-state index in [0.29, 0.717) is 36.1 Å². The van der Waals surface area contributed by atoms with Gasteiger partial charge in [0.25, 0.3) is 5.56 Å². The Labute approximate surface area is 194 Å². The molecule has 4 rings (SSSR count). The molecule has 1 aliphatic heterocycles. The average molecular weight is 474 g/mol. The van der Waals surface area contributed by atoms with Gasteiger partial charge in [-0.25, -0.2) is 14.6 Å². The molecule has 180 valence electrons. The number of aromatic nitrogens is 6. The number of aryl methyl sites for hydroxylation is 1. The normalized spacial score (nSPS) is 17.8. The van der Waals surface area contributed by atoms with Crippen LogP contribution in [-0.4, -0.2) is 54.0 Å². The van der Waals surface area contributed by atoms with Crippen molar-refractivity contribution in [2.45, 2.75) is 46.0 Å². The first kappa shape index (κ1) is 23.7. The number of aromatic amines is 1. The lowest BCUT2D eigenvalue weighted by molar-refractivity contribution is -0.0935. The minimum Gasteiger partial charge on any atom is -0.317 e. The second kappa shape index (κ2) is 9.05. The van der Waals surface area contributed by atoms with Gasteiger partial charge in [0.1, 0.15) is 11.5 Å². The Morgan fingerprint density at radius 2 is 2.03 bits per heavy atom. The molecule has 0 aromatic carbocycles. The van der Waals surface area contributed by atoms with Gasteiger partial charge in [-0.3, -0.25) is 9.69 Å². The number of alkyl halides is 3. The standard InChI is InChI=1S/C23H26F3N7O/c1-5-16(23(24,25)26)7-6-14(2)19-21-29-20(30-33(21)11-10-31(19)4)17-8-9-18(22(34)28-17)32-12-15(3)27-13-32/h6-9,12-13,19H,5,10-11H2,1-4H3,(H,28,34)/b14-6+,16-7+. The molecule has 1 N–H and O–H groups in total. The summed E-state index contributed by atoms with van der Waals surface area (Å²) in [5, 5.41) is 4.55. The predicted molar refractivity (Wildman–Crippen MR) is 121 cm³/mol. The first-order chi connectivity index (χ1) is 16.1. The fourth-order valence-corrected chi connectivity index (χ4v) is 4.05. The molecule has 1 aliphatic rings. The van der Waals surface area contributed by atoms with Gasteiger partial charge in [-0.2, -0.15) is 13.2 Å². The SMILES string of the molecule is CC/C(=C\C=C(/C)C1c2nc(-c3ccc(-n4cnc(C)c4)c(=O)[nH]3)nn2CCN1C)C(F)(F)F. The van der Waals surface area contributed by atoms with Crippen molar-refractivity contribution < 1.29 is 13.2 Å². The van der Waals surface area contributed by atoms with E-state index in [2.05, 4.69) is 20.1 Å². The summed E-state index contributed by atoms with van der Waals surface area (Å²) in [4.78, 5) is 26.3. The van der Waals surface area contributed by atoms with E-state index in [4.69, 9.17) is 0 Å². The molecular weight excluding hydrogens is 447 g/mol. The van der Waals surface area contributed by atoms with Gasteiger partial charge in [-0.15, -0.1) is 5.10 Å². The van der Waals surface area contributed by atoms with E-state index >= 15 is 0 Å². The molecule has 0 spiro atoms. The zero-order valence-corrected chi connectivity index (χ0v) is 19.4. The number of fused-ring (bicyclic) bond motifs is 1. The van der Waals surface area contributed by atoms with Crippen LogP contribution in [0, 0.1) is 6.92 Å². The Hall–Kier alpha value is -3.47. The molecule has 0 fully saturated rings. The van der Waals surface area contributed by atoms with E-state index in [-0.39, 0.29) is 18.0 Å². The van der Waals surface area contributed by atoms with Crippen LogP contribution in [-0.2, 0) is 6.54 Å². The highest BCUT2D eigenvalue weighted by Gasteiger charge is 2.32. The van der Waals surface area contributed by atoms with Crippen LogP contribution >= 0.6 is 0 Å². The highest BCUT2D eigenvalue weighted by molar-refractivity contribution is 5.51. The second-order valence-electron chi connectivity index (χ2n) is 8.36. The number of halogens is 3. The summed E-state index contributed by atoms with van der Waals surface area (Å²) in [6.45, 7) is 6.35. The zero-order chi connectivity index (χ0) is 24.6. The summed E-state index contributed by atoms with van der Waals surface area (Å²) in [5.41, 5.74) is 1.50. The summed E-state index contributed by atoms with van der Waals surface area (Å²) >= 11 is 0. The number of likely N-dealkylation sites (N-methyl/N-ethyl adjacent to an activating group) is 1. The van der Waals surface area contributed by atoms with Crippen molar-refractivity contribution in [1.29, 1.82) is 0 Å². The maximum absolute atomic E-state index is 13.1. The number of nitrogens with zero attached hydrogens (tertiary/aromatic N) is 6. The van der Waals surface area contributed by atoms with Crippen LogP contribution in [0.2, 0.25) is 0 Å². The highest BCUT2D eigenvalue weighted by atomic mass is 19.4. The fraction of sp³-hybridized carbons (Fsp3) is 0.391. The largest absolute Gasteiger partial charge is 0.412 e. The van der Waals surface area contributed by atoms with E-state index in [1.165, 1.54) is 13.0 Å². The summed E-state index contributed by atoms with van der Waals surface area (Å²) in [6.07, 6.45) is 1.50. The molecule has 0 radical (unpaired) electrons. The van der Waals surface area contributed by atoms with Gasteiger partial charge in [0, 0.05) is 18.3 Å². The monoisotopic (exact) mass is 473 g/mol. The van der Waals surface area contributed by atoms with E-state index in [1.54, 1.807) is 40.8 Å². The van der Waals surface area contributed by atoms with Crippen molar-refractivity contribution in [2.24, 2.45) is 0 Å².